The van der Waals surface area contributed by atoms with E-state index in [1.807, 2.05) is 188 Å². The van der Waals surface area contributed by atoms with Gasteiger partial charge in [0.1, 0.15) is 54.1 Å². The van der Waals surface area contributed by atoms with Gasteiger partial charge in [-0.1, -0.05) is 120 Å². The van der Waals surface area contributed by atoms with Crippen LogP contribution in [-0.2, 0) is 17.6 Å². The molecule has 0 bridgehead atoms. The molecular formula is C67H72N16O5. The number of anilines is 3. The van der Waals surface area contributed by atoms with Crippen LogP contribution in [0, 0.1) is 25.2 Å². The van der Waals surface area contributed by atoms with Crippen LogP contribution in [0.3, 0.4) is 0 Å². The molecule has 10 rings (SSSR count). The number of aliphatic imine (C=N–C) groups is 1. The molecule has 9 N–H and O–H groups in total. The van der Waals surface area contributed by atoms with Crippen molar-refractivity contribution in [2.75, 3.05) is 44.4 Å². The number of nitrogen functional groups attached to an aromatic ring is 3. The number of imidazole rings is 4. The van der Waals surface area contributed by atoms with Gasteiger partial charge in [-0.2, -0.15) is 5.26 Å². The fraction of sp³-hybridized carbons (Fsp3) is 0.194. The standard InChI is InChI=1S/C23H26N4O3.C18H18N4O.C15H18N4O.C11H10N4/c1-23(2,3)30-22(29)25-14-13-16-9-11-18(12-10-16)27-15-26-21(24)19(27)20(28)17-7-5-4-6-8-17;19-11-10-13-6-8-15(9-7-13)22-12-21-18(20)16(22)17(23)14-4-2-1-3-5-14;1-11-5-7-13(8-6-11)19-10-17-15(14(19)12(2)20)16-9-18(3)4;1-8-2-4-9(5-3-8)15-7-14-11(13)10(15)6-12/h4-12,15H,13-14,24H2,1-3H3,(H,25,29);1-9,12H,10-11,19-20H2;5-10H,1-4H3;2-5,7H,13H2,1H3. The third kappa shape index (κ3) is 17.2. The van der Waals surface area contributed by atoms with E-state index in [1.54, 1.807) is 79.1 Å². The number of nitrogens with two attached hydrogens (primary N) is 4. The second kappa shape index (κ2) is 30.0. The molecule has 10 aromatic rings. The fourth-order valence-corrected chi connectivity index (χ4v) is 8.66. The summed E-state index contributed by atoms with van der Waals surface area (Å²) >= 11 is 0. The minimum atomic E-state index is -0.521. The van der Waals surface area contributed by atoms with Crippen molar-refractivity contribution in [3.8, 4) is 28.8 Å². The first-order valence-corrected chi connectivity index (χ1v) is 28.0. The Morgan fingerprint density at radius 3 is 1.40 bits per heavy atom. The number of nitrogens with zero attached hydrogens (tertiary/aromatic N) is 11. The molecule has 0 saturated carbocycles. The smallest absolute Gasteiger partial charge is 0.407 e. The molecule has 0 spiro atoms. The van der Waals surface area contributed by atoms with E-state index < -0.39 is 11.7 Å². The van der Waals surface area contributed by atoms with E-state index in [4.69, 9.17) is 32.9 Å². The summed E-state index contributed by atoms with van der Waals surface area (Å²) in [6, 6.07) is 51.3. The molecule has 0 unspecified atom stereocenters. The molecule has 0 fully saturated rings. The summed E-state index contributed by atoms with van der Waals surface area (Å²) in [4.78, 5) is 71.6. The quantitative estimate of drug-likeness (QED) is 0.0341. The molecular weight excluding hydrogens is 1110 g/mol. The van der Waals surface area contributed by atoms with Gasteiger partial charge < -0.3 is 37.9 Å². The molecule has 1 amide bonds. The van der Waals surface area contributed by atoms with Crippen molar-refractivity contribution in [1.82, 2.24) is 48.4 Å². The highest BCUT2D eigenvalue weighted by atomic mass is 16.6. The monoisotopic (exact) mass is 1180 g/mol. The van der Waals surface area contributed by atoms with Crippen molar-refractivity contribution in [2.24, 2.45) is 10.7 Å². The third-order valence-corrected chi connectivity index (χ3v) is 13.1. The number of carbonyl (C=O) groups is 4. The normalized spacial score (nSPS) is 10.8. The molecule has 0 aliphatic heterocycles. The van der Waals surface area contributed by atoms with E-state index in [0.29, 0.717) is 59.2 Å². The molecule has 6 aromatic carbocycles. The Labute approximate surface area is 511 Å². The Morgan fingerprint density at radius 2 is 0.977 bits per heavy atom. The SMILES string of the molecule is CC(=O)c1c(N=CN(C)C)ncn1-c1ccc(C)cc1.CC(C)(C)OC(=O)NCCc1ccc(-n2cnc(N)c2C(=O)c2ccccc2)cc1.Cc1ccc(-n2cnc(N)c2C#N)cc1.NCCc1ccc(-n2cnc(N)c2C(=O)c2ccccc2)cc1. The van der Waals surface area contributed by atoms with Crippen molar-refractivity contribution in [3.05, 3.63) is 239 Å². The molecule has 0 radical (unpaired) electrons. The van der Waals surface area contributed by atoms with E-state index in [-0.39, 0.29) is 34.8 Å². The van der Waals surface area contributed by atoms with E-state index >= 15 is 0 Å². The summed E-state index contributed by atoms with van der Waals surface area (Å²) in [5, 5.41) is 11.7. The number of ether oxygens (including phenoxy) is 1. The summed E-state index contributed by atoms with van der Waals surface area (Å²) < 4.78 is 12.1. The van der Waals surface area contributed by atoms with E-state index in [2.05, 4.69) is 30.2 Å². The molecule has 88 heavy (non-hydrogen) atoms. The number of amides is 1. The largest absolute Gasteiger partial charge is 0.444 e. The van der Waals surface area contributed by atoms with Crippen LogP contribution in [0.4, 0.5) is 28.1 Å². The van der Waals surface area contributed by atoms with Gasteiger partial charge in [0.25, 0.3) is 0 Å². The van der Waals surface area contributed by atoms with E-state index in [9.17, 15) is 19.2 Å². The number of hydrogen-bond acceptors (Lipinski definition) is 15. The number of nitriles is 1. The van der Waals surface area contributed by atoms with Gasteiger partial charge in [-0.25, -0.2) is 29.7 Å². The van der Waals surface area contributed by atoms with Gasteiger partial charge in [0.2, 0.25) is 11.6 Å². The van der Waals surface area contributed by atoms with Crippen LogP contribution < -0.4 is 28.3 Å². The minimum absolute atomic E-state index is 0.0611. The Bertz CT molecular complexity index is 4020. The fourth-order valence-electron chi connectivity index (χ4n) is 8.66. The number of ketones is 3. The number of alkyl carbamates (subject to hydrolysis) is 1. The van der Waals surface area contributed by atoms with Gasteiger partial charge in [-0.3, -0.25) is 32.7 Å². The van der Waals surface area contributed by atoms with Crippen LogP contribution in [0.15, 0.2) is 188 Å². The first-order valence-electron chi connectivity index (χ1n) is 28.0. The zero-order valence-electron chi connectivity index (χ0n) is 50.5. The average molecular weight is 1180 g/mol. The Kier molecular flexibility index (Phi) is 21.9. The lowest BCUT2D eigenvalue weighted by Crippen LogP contribution is -2.33. The van der Waals surface area contributed by atoms with Crippen molar-refractivity contribution in [1.29, 1.82) is 5.26 Å². The van der Waals surface area contributed by atoms with Crippen LogP contribution in [0.2, 0.25) is 0 Å². The maximum Gasteiger partial charge on any atom is 0.407 e. The lowest BCUT2D eigenvalue weighted by molar-refractivity contribution is 0.0528. The summed E-state index contributed by atoms with van der Waals surface area (Å²) in [6.45, 7) is 12.1. The average Bonchev–Trinajstić information content (AvgIpc) is 3.28. The number of rotatable bonds is 16. The maximum absolute atomic E-state index is 12.9. The number of nitrogens with one attached hydrogen (secondary N) is 1. The van der Waals surface area contributed by atoms with Crippen LogP contribution in [0.1, 0.15) is 98.2 Å². The molecule has 4 heterocycles. The highest BCUT2D eigenvalue weighted by Gasteiger charge is 2.22. The first kappa shape index (κ1) is 64.3. The van der Waals surface area contributed by atoms with Crippen molar-refractivity contribution >= 4 is 53.1 Å². The Balaban J connectivity index is 0.000000172. The zero-order chi connectivity index (χ0) is 63.5. The van der Waals surface area contributed by atoms with Gasteiger partial charge in [0.15, 0.2) is 34.7 Å². The highest BCUT2D eigenvalue weighted by molar-refractivity contribution is 6.11. The predicted molar refractivity (Wildman–Crippen MR) is 344 cm³/mol. The highest BCUT2D eigenvalue weighted by Crippen LogP contribution is 2.25. The van der Waals surface area contributed by atoms with Gasteiger partial charge in [0.05, 0.1) is 6.34 Å². The Morgan fingerprint density at radius 1 is 0.580 bits per heavy atom. The van der Waals surface area contributed by atoms with Gasteiger partial charge >= 0.3 is 6.09 Å². The molecule has 21 nitrogen and oxygen atoms in total. The summed E-state index contributed by atoms with van der Waals surface area (Å²) in [7, 11) is 3.74. The molecule has 0 saturated heterocycles. The predicted octanol–water partition coefficient (Wildman–Crippen LogP) is 10.2. The number of carbonyl (C=O) groups excluding carboxylic acids is 4. The lowest BCUT2D eigenvalue weighted by Gasteiger charge is -2.19. The summed E-state index contributed by atoms with van der Waals surface area (Å²) in [6.07, 6.45) is 8.98. The van der Waals surface area contributed by atoms with Crippen molar-refractivity contribution < 1.29 is 23.9 Å². The minimum Gasteiger partial charge on any atom is -0.444 e. The first-order chi connectivity index (χ1) is 42.2. The van der Waals surface area contributed by atoms with Crippen LogP contribution in [-0.4, -0.2) is 106 Å². The van der Waals surface area contributed by atoms with Crippen LogP contribution >= 0.6 is 0 Å². The second-order valence-electron chi connectivity index (χ2n) is 21.3. The van der Waals surface area contributed by atoms with Crippen molar-refractivity contribution in [2.45, 2.75) is 60.0 Å². The molecule has 0 aliphatic carbocycles. The number of benzene rings is 6. The van der Waals surface area contributed by atoms with Crippen LogP contribution in [0.5, 0.6) is 0 Å². The lowest BCUT2D eigenvalue weighted by atomic mass is 10.1. The number of hydrogen-bond donors (Lipinski definition) is 5. The van der Waals surface area contributed by atoms with Gasteiger partial charge in [-0.05, 0) is 114 Å². The maximum atomic E-state index is 12.9. The van der Waals surface area contributed by atoms with Gasteiger partial charge in [-0.15, -0.1) is 0 Å². The topological polar surface area (TPSA) is 304 Å². The molecule has 21 heteroatoms. The third-order valence-electron chi connectivity index (χ3n) is 13.1. The Hall–Kier alpha value is -11.2. The van der Waals surface area contributed by atoms with E-state index in [1.165, 1.54) is 18.1 Å². The number of aryl methyl sites for hydroxylation is 2. The zero-order valence-corrected chi connectivity index (χ0v) is 50.5. The second-order valence-corrected chi connectivity index (χ2v) is 21.3. The van der Waals surface area contributed by atoms with Crippen molar-refractivity contribution in [3.63, 3.8) is 0 Å². The molecule has 0 atom stereocenters. The number of aromatic nitrogens is 8. The summed E-state index contributed by atoms with van der Waals surface area (Å²) in [5.41, 5.74) is 33.2. The molecule has 4 aromatic heterocycles. The molecule has 0 aliphatic rings. The molecule has 450 valence electrons. The van der Waals surface area contributed by atoms with Crippen LogP contribution in [0.25, 0.3) is 22.7 Å². The van der Waals surface area contributed by atoms with E-state index in [0.717, 1.165) is 40.3 Å². The summed E-state index contributed by atoms with van der Waals surface area (Å²) in [5.74, 6) is 0.723. The van der Waals surface area contributed by atoms with Gasteiger partial charge in [0, 0.05) is 61.4 Å². The number of Topliss-reactive ketones (excluding diaryl/α,β-unsaturated/α-hetero) is 1.